The summed E-state index contributed by atoms with van der Waals surface area (Å²) in [6.45, 7) is 1.70. The van der Waals surface area contributed by atoms with E-state index in [2.05, 4.69) is 15.9 Å². The van der Waals surface area contributed by atoms with Crippen LogP contribution in [0.3, 0.4) is 0 Å². The van der Waals surface area contributed by atoms with Gasteiger partial charge in [0, 0.05) is 16.6 Å². The highest BCUT2D eigenvalue weighted by molar-refractivity contribution is 9.10. The Kier molecular flexibility index (Phi) is 4.14. The van der Waals surface area contributed by atoms with Crippen LogP contribution in [-0.4, -0.2) is 36.2 Å². The maximum atomic E-state index is 12.1. The third-order valence-corrected chi connectivity index (χ3v) is 3.68. The largest absolute Gasteiger partial charge is 0.369 e. The number of carbonyl (C=O) groups excluding carboxylic acids is 2. The topological polar surface area (TPSA) is 63.4 Å². The fourth-order valence-electron chi connectivity index (χ4n) is 2.16. The summed E-state index contributed by atoms with van der Waals surface area (Å²) in [7, 11) is 0. The summed E-state index contributed by atoms with van der Waals surface area (Å²) >= 11 is 3.34. The predicted octanol–water partition coefficient (Wildman–Crippen LogP) is 1.44. The number of halogens is 1. The fraction of sp³-hybridized carbons (Fsp3) is 0.385. The Hall–Kier alpha value is -1.20. The minimum atomic E-state index is -0.271. The number of rotatable bonds is 4. The summed E-state index contributed by atoms with van der Waals surface area (Å²) in [6, 6.07) is 7.34. The number of hydrogen-bond acceptors (Lipinski definition) is 3. The molecule has 96 valence electrons. The quantitative estimate of drug-likeness (QED) is 0.856. The van der Waals surface area contributed by atoms with Crippen LogP contribution in [0.25, 0.3) is 0 Å². The number of ketones is 1. The van der Waals surface area contributed by atoms with E-state index in [1.54, 1.807) is 6.07 Å². The van der Waals surface area contributed by atoms with Crippen LogP contribution in [0.5, 0.6) is 0 Å². The van der Waals surface area contributed by atoms with E-state index in [0.717, 1.165) is 17.4 Å². The highest BCUT2D eigenvalue weighted by atomic mass is 79.9. The standard InChI is InChI=1S/C13H15BrN2O2/c14-11-3-1-2-9(6-11)12(17)8-16-5-4-10(7-16)13(15)18/h1-3,6,10H,4-5,7-8H2,(H2,15,18). The van der Waals surface area contributed by atoms with Gasteiger partial charge in [0.15, 0.2) is 5.78 Å². The Morgan fingerprint density at radius 1 is 1.44 bits per heavy atom. The number of nitrogens with zero attached hydrogens (tertiary/aromatic N) is 1. The molecule has 2 rings (SSSR count). The van der Waals surface area contributed by atoms with Crippen LogP contribution >= 0.6 is 15.9 Å². The normalized spacial score (nSPS) is 19.9. The minimum absolute atomic E-state index is 0.0708. The van der Waals surface area contributed by atoms with Crippen molar-refractivity contribution in [2.24, 2.45) is 11.7 Å². The molecule has 18 heavy (non-hydrogen) atoms. The highest BCUT2D eigenvalue weighted by Gasteiger charge is 2.27. The molecule has 1 aliphatic heterocycles. The second kappa shape index (κ2) is 5.63. The van der Waals surface area contributed by atoms with Gasteiger partial charge in [0.25, 0.3) is 0 Å². The van der Waals surface area contributed by atoms with Crippen molar-refractivity contribution in [1.29, 1.82) is 0 Å². The molecule has 5 heteroatoms. The van der Waals surface area contributed by atoms with Gasteiger partial charge in [-0.2, -0.15) is 0 Å². The van der Waals surface area contributed by atoms with Crippen molar-refractivity contribution in [2.75, 3.05) is 19.6 Å². The fourth-order valence-corrected chi connectivity index (χ4v) is 2.56. The van der Waals surface area contributed by atoms with Gasteiger partial charge in [0.05, 0.1) is 12.5 Å². The van der Waals surface area contributed by atoms with Crippen LogP contribution in [0.2, 0.25) is 0 Å². The Bertz CT molecular complexity index is 476. The van der Waals surface area contributed by atoms with Crippen molar-refractivity contribution in [2.45, 2.75) is 6.42 Å². The van der Waals surface area contributed by atoms with Gasteiger partial charge >= 0.3 is 0 Å². The lowest BCUT2D eigenvalue weighted by atomic mass is 10.1. The summed E-state index contributed by atoms with van der Waals surface area (Å²) < 4.78 is 0.893. The van der Waals surface area contributed by atoms with Gasteiger partial charge in [-0.3, -0.25) is 14.5 Å². The van der Waals surface area contributed by atoms with E-state index in [-0.39, 0.29) is 17.6 Å². The summed E-state index contributed by atoms with van der Waals surface area (Å²) in [5.41, 5.74) is 5.95. The Balaban J connectivity index is 1.95. The monoisotopic (exact) mass is 310 g/mol. The van der Waals surface area contributed by atoms with Crippen LogP contribution in [0.1, 0.15) is 16.8 Å². The van der Waals surface area contributed by atoms with E-state index in [0.29, 0.717) is 18.7 Å². The molecule has 1 heterocycles. The van der Waals surface area contributed by atoms with E-state index in [4.69, 9.17) is 5.73 Å². The number of benzene rings is 1. The van der Waals surface area contributed by atoms with Crippen LogP contribution < -0.4 is 5.73 Å². The van der Waals surface area contributed by atoms with Crippen molar-refractivity contribution < 1.29 is 9.59 Å². The molecular formula is C13H15BrN2O2. The lowest BCUT2D eigenvalue weighted by Gasteiger charge is -2.14. The molecule has 0 radical (unpaired) electrons. The van der Waals surface area contributed by atoms with Gasteiger partial charge in [-0.1, -0.05) is 28.1 Å². The van der Waals surface area contributed by atoms with Crippen LogP contribution in [0, 0.1) is 5.92 Å². The molecule has 1 saturated heterocycles. The number of likely N-dealkylation sites (tertiary alicyclic amines) is 1. The molecule has 0 bridgehead atoms. The minimum Gasteiger partial charge on any atom is -0.369 e. The molecule has 1 aromatic rings. The van der Waals surface area contributed by atoms with Gasteiger partial charge in [0.2, 0.25) is 5.91 Å². The molecule has 1 fully saturated rings. The van der Waals surface area contributed by atoms with Gasteiger partial charge in [0.1, 0.15) is 0 Å². The van der Waals surface area contributed by atoms with E-state index >= 15 is 0 Å². The number of carbonyl (C=O) groups is 2. The first-order valence-corrected chi connectivity index (χ1v) is 6.66. The SMILES string of the molecule is NC(=O)C1CCN(CC(=O)c2cccc(Br)c2)C1. The Morgan fingerprint density at radius 2 is 2.22 bits per heavy atom. The summed E-state index contributed by atoms with van der Waals surface area (Å²) in [6.07, 6.45) is 0.751. The summed E-state index contributed by atoms with van der Waals surface area (Å²) in [4.78, 5) is 25.1. The highest BCUT2D eigenvalue weighted by Crippen LogP contribution is 2.17. The second-order valence-electron chi connectivity index (χ2n) is 4.56. The third-order valence-electron chi connectivity index (χ3n) is 3.19. The van der Waals surface area contributed by atoms with Gasteiger partial charge in [-0.05, 0) is 25.1 Å². The number of amides is 1. The maximum Gasteiger partial charge on any atom is 0.221 e. The number of primary amides is 1. The van der Waals surface area contributed by atoms with Crippen molar-refractivity contribution in [3.63, 3.8) is 0 Å². The molecule has 1 aliphatic rings. The lowest BCUT2D eigenvalue weighted by molar-refractivity contribution is -0.121. The van der Waals surface area contributed by atoms with E-state index in [1.807, 2.05) is 23.1 Å². The molecular weight excluding hydrogens is 296 g/mol. The maximum absolute atomic E-state index is 12.1. The molecule has 0 saturated carbocycles. The zero-order valence-electron chi connectivity index (χ0n) is 9.93. The van der Waals surface area contributed by atoms with Crippen LogP contribution in [-0.2, 0) is 4.79 Å². The molecule has 1 atom stereocenters. The molecule has 4 nitrogen and oxygen atoms in total. The smallest absolute Gasteiger partial charge is 0.221 e. The molecule has 2 N–H and O–H groups in total. The molecule has 0 aromatic heterocycles. The average molecular weight is 311 g/mol. The van der Waals surface area contributed by atoms with Crippen molar-refractivity contribution in [1.82, 2.24) is 4.90 Å². The van der Waals surface area contributed by atoms with E-state index in [9.17, 15) is 9.59 Å². The van der Waals surface area contributed by atoms with Gasteiger partial charge in [-0.15, -0.1) is 0 Å². The van der Waals surface area contributed by atoms with Gasteiger partial charge in [-0.25, -0.2) is 0 Å². The third kappa shape index (κ3) is 3.17. The molecule has 1 amide bonds. The zero-order chi connectivity index (χ0) is 13.1. The van der Waals surface area contributed by atoms with Gasteiger partial charge < -0.3 is 5.73 Å². The van der Waals surface area contributed by atoms with Crippen molar-refractivity contribution >= 4 is 27.6 Å². The number of Topliss-reactive ketones (excluding diaryl/α,β-unsaturated/α-hetero) is 1. The average Bonchev–Trinajstić information content (AvgIpc) is 2.77. The summed E-state index contributed by atoms with van der Waals surface area (Å²) in [5, 5.41) is 0. The number of hydrogen-bond donors (Lipinski definition) is 1. The van der Waals surface area contributed by atoms with Crippen molar-refractivity contribution in [3.8, 4) is 0 Å². The summed E-state index contributed by atoms with van der Waals surface area (Å²) in [5.74, 6) is -0.311. The molecule has 1 unspecified atom stereocenters. The molecule has 0 spiro atoms. The Morgan fingerprint density at radius 3 is 2.83 bits per heavy atom. The first kappa shape index (κ1) is 13.2. The van der Waals surface area contributed by atoms with E-state index < -0.39 is 0 Å². The number of nitrogens with two attached hydrogens (primary N) is 1. The molecule has 1 aromatic carbocycles. The van der Waals surface area contributed by atoms with Crippen molar-refractivity contribution in [3.05, 3.63) is 34.3 Å². The first-order valence-electron chi connectivity index (χ1n) is 5.86. The van der Waals surface area contributed by atoms with Crippen LogP contribution in [0.15, 0.2) is 28.7 Å². The predicted molar refractivity (Wildman–Crippen MR) is 72.2 cm³/mol. The first-order chi connectivity index (χ1) is 8.56. The van der Waals surface area contributed by atoms with Crippen LogP contribution in [0.4, 0.5) is 0 Å². The molecule has 0 aliphatic carbocycles. The zero-order valence-corrected chi connectivity index (χ0v) is 11.5. The Labute approximate surface area is 114 Å². The lowest BCUT2D eigenvalue weighted by Crippen LogP contribution is -2.31. The van der Waals surface area contributed by atoms with E-state index in [1.165, 1.54) is 0 Å². The second-order valence-corrected chi connectivity index (χ2v) is 5.47.